The fourth-order valence-electron chi connectivity index (χ4n) is 2.33. The summed E-state index contributed by atoms with van der Waals surface area (Å²) in [7, 11) is 0. The number of amides is 1. The van der Waals surface area contributed by atoms with Gasteiger partial charge < -0.3 is 10.1 Å². The van der Waals surface area contributed by atoms with E-state index in [-0.39, 0.29) is 5.91 Å². The van der Waals surface area contributed by atoms with Crippen molar-refractivity contribution in [2.45, 2.75) is 27.7 Å². The molecule has 0 atom stereocenters. The number of carbonyl (C=O) groups is 1. The van der Waals surface area contributed by atoms with Crippen LogP contribution in [0.1, 0.15) is 34.2 Å². The average molecular weight is 284 g/mol. The maximum Gasteiger partial charge on any atom is 0.259 e. The third-order valence-corrected chi connectivity index (χ3v) is 3.20. The minimum atomic E-state index is -0.184. The van der Waals surface area contributed by atoms with Crippen molar-refractivity contribution in [2.75, 3.05) is 11.9 Å². The summed E-state index contributed by atoms with van der Waals surface area (Å²) in [4.78, 5) is 16.9. The second-order valence-electron chi connectivity index (χ2n) is 4.92. The van der Waals surface area contributed by atoms with Crippen LogP contribution in [0.2, 0.25) is 0 Å². The van der Waals surface area contributed by atoms with Gasteiger partial charge in [0.1, 0.15) is 5.75 Å². The fraction of sp³-hybridized carbons (Fsp3) is 0.294. The van der Waals surface area contributed by atoms with Crippen molar-refractivity contribution in [3.05, 3.63) is 52.8 Å². The van der Waals surface area contributed by atoms with E-state index < -0.39 is 0 Å². The Labute approximate surface area is 125 Å². The summed E-state index contributed by atoms with van der Waals surface area (Å²) in [6.45, 7) is 8.22. The molecule has 1 N–H and O–H groups in total. The van der Waals surface area contributed by atoms with E-state index in [9.17, 15) is 4.79 Å². The molecule has 0 fully saturated rings. The molecule has 4 nitrogen and oxygen atoms in total. The number of pyridine rings is 1. The van der Waals surface area contributed by atoms with Crippen LogP contribution in [0.4, 0.5) is 5.69 Å². The van der Waals surface area contributed by atoms with Crippen LogP contribution in [0, 0.1) is 20.8 Å². The zero-order valence-electron chi connectivity index (χ0n) is 12.9. The molecule has 1 aromatic carbocycles. The van der Waals surface area contributed by atoms with Gasteiger partial charge in [-0.1, -0.05) is 12.1 Å². The van der Waals surface area contributed by atoms with E-state index in [0.717, 1.165) is 22.6 Å². The lowest BCUT2D eigenvalue weighted by Crippen LogP contribution is -2.16. The Hall–Kier alpha value is -2.36. The number of hydrogen-bond acceptors (Lipinski definition) is 3. The van der Waals surface area contributed by atoms with Gasteiger partial charge in [0.05, 0.1) is 23.6 Å². The van der Waals surface area contributed by atoms with E-state index in [1.807, 2.05) is 45.9 Å². The number of nitrogens with zero attached hydrogens (tertiary/aromatic N) is 1. The second kappa shape index (κ2) is 6.39. The maximum absolute atomic E-state index is 12.5. The molecule has 2 aromatic rings. The molecule has 4 heteroatoms. The van der Waals surface area contributed by atoms with Crippen molar-refractivity contribution >= 4 is 11.6 Å². The molecule has 21 heavy (non-hydrogen) atoms. The van der Waals surface area contributed by atoms with E-state index in [1.54, 1.807) is 12.1 Å². The van der Waals surface area contributed by atoms with Gasteiger partial charge in [0.2, 0.25) is 0 Å². The molecule has 1 amide bonds. The fourth-order valence-corrected chi connectivity index (χ4v) is 2.33. The summed E-state index contributed by atoms with van der Waals surface area (Å²) in [6.07, 6.45) is 0. The molecule has 0 saturated heterocycles. The Bertz CT molecular complexity index is 643. The minimum Gasteiger partial charge on any atom is -0.493 e. The lowest BCUT2D eigenvalue weighted by molar-refractivity contribution is 0.102. The Balaban J connectivity index is 2.31. The first-order valence-electron chi connectivity index (χ1n) is 7.01. The number of aryl methyl sites for hydroxylation is 3. The third-order valence-electron chi connectivity index (χ3n) is 3.20. The first kappa shape index (κ1) is 15.0. The van der Waals surface area contributed by atoms with Crippen LogP contribution >= 0.6 is 0 Å². The van der Waals surface area contributed by atoms with Gasteiger partial charge >= 0.3 is 0 Å². The quantitative estimate of drug-likeness (QED) is 0.932. The highest BCUT2D eigenvalue weighted by atomic mass is 16.5. The lowest BCUT2D eigenvalue weighted by Gasteiger charge is -2.14. The van der Waals surface area contributed by atoms with Crippen molar-refractivity contribution in [1.29, 1.82) is 0 Å². The van der Waals surface area contributed by atoms with Gasteiger partial charge in [0, 0.05) is 5.69 Å². The normalized spacial score (nSPS) is 10.3. The molecular weight excluding hydrogens is 264 g/mol. The number of nitrogens with one attached hydrogen (secondary N) is 1. The van der Waals surface area contributed by atoms with Gasteiger partial charge in [-0.3, -0.25) is 9.78 Å². The minimum absolute atomic E-state index is 0.184. The third kappa shape index (κ3) is 3.40. The number of aromatic nitrogens is 1. The van der Waals surface area contributed by atoms with Crippen molar-refractivity contribution in [3.8, 4) is 5.75 Å². The molecule has 0 spiro atoms. The van der Waals surface area contributed by atoms with Crippen LogP contribution in [0.15, 0.2) is 30.3 Å². The zero-order chi connectivity index (χ0) is 15.4. The Morgan fingerprint density at radius 2 is 1.95 bits per heavy atom. The summed E-state index contributed by atoms with van der Waals surface area (Å²) < 4.78 is 5.50. The predicted octanol–water partition coefficient (Wildman–Crippen LogP) is 3.66. The molecule has 0 saturated carbocycles. The molecular formula is C17H20N2O2. The van der Waals surface area contributed by atoms with Crippen LogP contribution in [0.3, 0.4) is 0 Å². The number of ether oxygens (including phenoxy) is 1. The molecule has 0 aliphatic heterocycles. The molecule has 0 radical (unpaired) electrons. The summed E-state index contributed by atoms with van der Waals surface area (Å²) in [5.41, 5.74) is 4.05. The highest BCUT2D eigenvalue weighted by molar-refractivity contribution is 6.06. The van der Waals surface area contributed by atoms with E-state index in [4.69, 9.17) is 4.74 Å². The Morgan fingerprint density at radius 1 is 1.24 bits per heavy atom. The molecule has 2 rings (SSSR count). The molecule has 110 valence electrons. The number of para-hydroxylation sites is 1. The molecule has 0 bridgehead atoms. The van der Waals surface area contributed by atoms with Crippen molar-refractivity contribution in [3.63, 3.8) is 0 Å². The first-order chi connectivity index (χ1) is 10.0. The zero-order valence-corrected chi connectivity index (χ0v) is 12.9. The van der Waals surface area contributed by atoms with Gasteiger partial charge in [-0.25, -0.2) is 0 Å². The monoisotopic (exact) mass is 284 g/mol. The van der Waals surface area contributed by atoms with Crippen molar-refractivity contribution in [2.24, 2.45) is 0 Å². The molecule has 1 aromatic heterocycles. The van der Waals surface area contributed by atoms with E-state index in [1.165, 1.54) is 0 Å². The maximum atomic E-state index is 12.5. The van der Waals surface area contributed by atoms with Crippen molar-refractivity contribution in [1.82, 2.24) is 4.98 Å². The van der Waals surface area contributed by atoms with Gasteiger partial charge in [-0.15, -0.1) is 0 Å². The Morgan fingerprint density at radius 3 is 2.62 bits per heavy atom. The summed E-state index contributed by atoms with van der Waals surface area (Å²) in [6, 6.07) is 9.19. The van der Waals surface area contributed by atoms with Crippen LogP contribution in [0.5, 0.6) is 5.75 Å². The molecule has 1 heterocycles. The number of hydrogen-bond donors (Lipinski definition) is 1. The van der Waals surface area contributed by atoms with E-state index in [0.29, 0.717) is 17.9 Å². The summed E-state index contributed by atoms with van der Waals surface area (Å²) >= 11 is 0. The van der Waals surface area contributed by atoms with E-state index in [2.05, 4.69) is 10.3 Å². The average Bonchev–Trinajstić information content (AvgIpc) is 2.43. The second-order valence-corrected chi connectivity index (χ2v) is 4.92. The first-order valence-corrected chi connectivity index (χ1v) is 7.01. The Kier molecular flexibility index (Phi) is 4.58. The van der Waals surface area contributed by atoms with Gasteiger partial charge in [0.15, 0.2) is 0 Å². The number of benzene rings is 1. The molecule has 0 aliphatic rings. The smallest absolute Gasteiger partial charge is 0.259 e. The van der Waals surface area contributed by atoms with Crippen LogP contribution < -0.4 is 10.1 Å². The van der Waals surface area contributed by atoms with Gasteiger partial charge in [0.25, 0.3) is 5.91 Å². The molecule has 0 aliphatic carbocycles. The molecule has 0 unspecified atom stereocenters. The highest BCUT2D eigenvalue weighted by Crippen LogP contribution is 2.23. The number of anilines is 1. The van der Waals surface area contributed by atoms with Crippen LogP contribution in [0.25, 0.3) is 0 Å². The number of carbonyl (C=O) groups excluding carboxylic acids is 1. The highest BCUT2D eigenvalue weighted by Gasteiger charge is 2.14. The standard InChI is InChI=1S/C17H20N2O2/c1-5-21-15-9-7-6-8-14(15)17(20)19-16-11(2)10-12(3)18-13(16)4/h6-10H,5H2,1-4H3,(H,19,20). The van der Waals surface area contributed by atoms with Gasteiger partial charge in [-0.05, 0) is 51.5 Å². The number of rotatable bonds is 4. The summed E-state index contributed by atoms with van der Waals surface area (Å²) in [5, 5.41) is 2.94. The SMILES string of the molecule is CCOc1ccccc1C(=O)Nc1c(C)cc(C)nc1C. The van der Waals surface area contributed by atoms with Crippen molar-refractivity contribution < 1.29 is 9.53 Å². The van der Waals surface area contributed by atoms with E-state index >= 15 is 0 Å². The largest absolute Gasteiger partial charge is 0.493 e. The predicted molar refractivity (Wildman–Crippen MR) is 84.0 cm³/mol. The van der Waals surface area contributed by atoms with Crippen LogP contribution in [-0.4, -0.2) is 17.5 Å². The lowest BCUT2D eigenvalue weighted by atomic mass is 10.1. The van der Waals surface area contributed by atoms with Crippen LogP contribution in [-0.2, 0) is 0 Å². The van der Waals surface area contributed by atoms with Gasteiger partial charge in [-0.2, -0.15) is 0 Å². The summed E-state index contributed by atoms with van der Waals surface area (Å²) in [5.74, 6) is 0.406. The topological polar surface area (TPSA) is 51.2 Å².